The summed E-state index contributed by atoms with van der Waals surface area (Å²) in [5.74, 6) is -0.748. The van der Waals surface area contributed by atoms with Gasteiger partial charge in [0, 0.05) is 24.9 Å². The number of oxazole rings is 1. The Morgan fingerprint density at radius 3 is 2.56 bits per heavy atom. The highest BCUT2D eigenvalue weighted by atomic mass is 16.4. The Morgan fingerprint density at radius 1 is 1.20 bits per heavy atom. The summed E-state index contributed by atoms with van der Waals surface area (Å²) in [5.41, 5.74) is 1.53. The number of nitrogens with zero attached hydrogens (tertiary/aromatic N) is 2. The second-order valence-electron chi connectivity index (χ2n) is 6.91. The lowest BCUT2D eigenvalue weighted by molar-refractivity contribution is -0.141. The van der Waals surface area contributed by atoms with E-state index < -0.39 is 11.9 Å². The summed E-state index contributed by atoms with van der Waals surface area (Å²) in [4.78, 5) is 30.5. The number of carbonyl (C=O) groups is 2. The summed E-state index contributed by atoms with van der Waals surface area (Å²) in [5, 5.41) is 9.58. The van der Waals surface area contributed by atoms with E-state index in [0.29, 0.717) is 24.0 Å². The van der Waals surface area contributed by atoms with Crippen LogP contribution in [0.3, 0.4) is 0 Å². The molecule has 6 heteroatoms. The third-order valence-corrected chi connectivity index (χ3v) is 5.09. The molecule has 2 atom stereocenters. The van der Waals surface area contributed by atoms with Crippen molar-refractivity contribution in [2.45, 2.75) is 31.6 Å². The topological polar surface area (TPSA) is 83.6 Å². The molecule has 1 aromatic heterocycles. The van der Waals surface area contributed by atoms with Gasteiger partial charge < -0.3 is 14.4 Å². The van der Waals surface area contributed by atoms with Crippen LogP contribution in [0.15, 0.2) is 34.7 Å². The molecule has 1 saturated heterocycles. The van der Waals surface area contributed by atoms with Crippen LogP contribution >= 0.6 is 0 Å². The summed E-state index contributed by atoms with van der Waals surface area (Å²) in [6.45, 7) is 2.33. The number of hydrogen-bond acceptors (Lipinski definition) is 4. The zero-order valence-corrected chi connectivity index (χ0v) is 14.0. The monoisotopic (exact) mass is 340 g/mol. The van der Waals surface area contributed by atoms with Crippen LogP contribution in [0, 0.1) is 12.8 Å². The Kier molecular flexibility index (Phi) is 3.82. The second kappa shape index (κ2) is 6.02. The van der Waals surface area contributed by atoms with Crippen molar-refractivity contribution in [3.63, 3.8) is 0 Å². The molecular formula is C19H20N2O4. The van der Waals surface area contributed by atoms with Gasteiger partial charge in [0.15, 0.2) is 5.89 Å². The molecule has 1 amide bonds. The largest absolute Gasteiger partial charge is 0.481 e. The highest BCUT2D eigenvalue weighted by Gasteiger charge is 2.42. The number of likely N-dealkylation sites (tertiary alicyclic amines) is 1. The maximum Gasteiger partial charge on any atom is 0.308 e. The van der Waals surface area contributed by atoms with Crippen molar-refractivity contribution in [2.24, 2.45) is 5.92 Å². The van der Waals surface area contributed by atoms with Crippen molar-refractivity contribution < 1.29 is 19.1 Å². The fourth-order valence-electron chi connectivity index (χ4n) is 3.52. The molecule has 0 radical (unpaired) electrons. The van der Waals surface area contributed by atoms with Gasteiger partial charge in [-0.1, -0.05) is 30.3 Å². The minimum absolute atomic E-state index is 0.187. The lowest BCUT2D eigenvalue weighted by Gasteiger charge is -2.15. The van der Waals surface area contributed by atoms with Crippen molar-refractivity contribution in [2.75, 3.05) is 13.1 Å². The molecule has 25 heavy (non-hydrogen) atoms. The Balaban J connectivity index is 1.58. The Labute approximate surface area is 145 Å². The number of rotatable bonds is 4. The molecule has 6 nitrogen and oxygen atoms in total. The zero-order chi connectivity index (χ0) is 17.6. The molecule has 0 bridgehead atoms. The van der Waals surface area contributed by atoms with E-state index in [1.165, 1.54) is 0 Å². The van der Waals surface area contributed by atoms with Crippen molar-refractivity contribution in [1.29, 1.82) is 0 Å². The highest BCUT2D eigenvalue weighted by molar-refractivity contribution is 5.93. The number of carboxylic acid groups (broad SMARTS) is 1. The first-order valence-corrected chi connectivity index (χ1v) is 8.59. The molecular weight excluding hydrogens is 320 g/mol. The molecule has 1 aromatic carbocycles. The van der Waals surface area contributed by atoms with E-state index in [4.69, 9.17) is 4.42 Å². The molecule has 4 rings (SSSR count). The number of aromatic nitrogens is 1. The summed E-state index contributed by atoms with van der Waals surface area (Å²) in [6.07, 6.45) is 2.10. The van der Waals surface area contributed by atoms with E-state index in [0.717, 1.165) is 18.4 Å². The van der Waals surface area contributed by atoms with Crippen molar-refractivity contribution >= 4 is 11.9 Å². The molecule has 130 valence electrons. The van der Waals surface area contributed by atoms with Crippen LogP contribution in [0.2, 0.25) is 0 Å². The number of benzene rings is 1. The second-order valence-corrected chi connectivity index (χ2v) is 6.91. The van der Waals surface area contributed by atoms with Gasteiger partial charge in [0.2, 0.25) is 5.76 Å². The van der Waals surface area contributed by atoms with Gasteiger partial charge in [-0.25, -0.2) is 4.98 Å². The first-order valence-electron chi connectivity index (χ1n) is 8.59. The van der Waals surface area contributed by atoms with E-state index in [-0.39, 0.29) is 24.1 Å². The lowest BCUT2D eigenvalue weighted by atomic mass is 9.89. The number of aliphatic carboxylic acids is 1. The van der Waals surface area contributed by atoms with Crippen molar-refractivity contribution in [1.82, 2.24) is 9.88 Å². The fraction of sp³-hybridized carbons (Fsp3) is 0.421. The lowest BCUT2D eigenvalue weighted by Crippen LogP contribution is -2.30. The molecule has 2 aliphatic rings. The molecule has 0 spiro atoms. The number of carboxylic acids is 1. The van der Waals surface area contributed by atoms with Gasteiger partial charge in [0.25, 0.3) is 5.91 Å². The first kappa shape index (κ1) is 15.9. The Hall–Kier alpha value is -2.63. The van der Waals surface area contributed by atoms with E-state index in [1.807, 2.05) is 30.3 Å². The SMILES string of the molecule is Cc1nc(C2CC2)oc1C(=O)N1C[C@H](C(=O)O)[C@H](c2ccccc2)C1. The van der Waals surface area contributed by atoms with Crippen molar-refractivity contribution in [3.05, 3.63) is 53.2 Å². The van der Waals surface area contributed by atoms with Gasteiger partial charge in [-0.05, 0) is 25.3 Å². The summed E-state index contributed by atoms with van der Waals surface area (Å²) >= 11 is 0. The third kappa shape index (κ3) is 2.92. The number of aryl methyl sites for hydroxylation is 1. The van der Waals surface area contributed by atoms with Gasteiger partial charge in [0.1, 0.15) is 0 Å². The Morgan fingerprint density at radius 2 is 1.92 bits per heavy atom. The van der Waals surface area contributed by atoms with Gasteiger partial charge in [0.05, 0.1) is 11.6 Å². The quantitative estimate of drug-likeness (QED) is 0.925. The average Bonchev–Trinajstić information content (AvgIpc) is 3.24. The Bertz CT molecular complexity index is 810. The van der Waals surface area contributed by atoms with Gasteiger partial charge >= 0.3 is 5.97 Å². The molecule has 1 saturated carbocycles. The molecule has 1 aliphatic carbocycles. The maximum atomic E-state index is 12.9. The molecule has 2 heterocycles. The minimum Gasteiger partial charge on any atom is -0.481 e. The highest BCUT2D eigenvalue weighted by Crippen LogP contribution is 2.40. The molecule has 1 N–H and O–H groups in total. The van der Waals surface area contributed by atoms with Crippen molar-refractivity contribution in [3.8, 4) is 0 Å². The van der Waals surface area contributed by atoms with Crippen LogP contribution < -0.4 is 0 Å². The number of amides is 1. The summed E-state index contributed by atoms with van der Waals surface area (Å²) < 4.78 is 5.70. The van der Waals surface area contributed by atoms with Crippen LogP contribution in [0.25, 0.3) is 0 Å². The van der Waals surface area contributed by atoms with Crippen LogP contribution in [0.5, 0.6) is 0 Å². The fourth-order valence-corrected chi connectivity index (χ4v) is 3.52. The standard InChI is InChI=1S/C19H20N2O4/c1-11-16(25-17(20-11)13-7-8-13)18(22)21-9-14(15(10-21)19(23)24)12-5-3-2-4-6-12/h2-6,13-15H,7-10H2,1H3,(H,23,24)/t14-,15-/m0/s1. The van der Waals surface area contributed by atoms with Crippen LogP contribution in [0.4, 0.5) is 0 Å². The zero-order valence-electron chi connectivity index (χ0n) is 14.0. The molecule has 2 aromatic rings. The van der Waals surface area contributed by atoms with Crippen LogP contribution in [-0.4, -0.2) is 40.0 Å². The van der Waals surface area contributed by atoms with Crippen LogP contribution in [0.1, 0.15) is 52.4 Å². The average molecular weight is 340 g/mol. The minimum atomic E-state index is -0.878. The maximum absolute atomic E-state index is 12.9. The van der Waals surface area contributed by atoms with E-state index >= 15 is 0 Å². The predicted octanol–water partition coefficient (Wildman–Crippen LogP) is 2.80. The van der Waals surface area contributed by atoms with E-state index in [2.05, 4.69) is 4.98 Å². The first-order chi connectivity index (χ1) is 12.0. The third-order valence-electron chi connectivity index (χ3n) is 5.09. The van der Waals surface area contributed by atoms with Gasteiger partial charge in [-0.15, -0.1) is 0 Å². The van der Waals surface area contributed by atoms with Gasteiger partial charge in [-0.2, -0.15) is 0 Å². The van der Waals surface area contributed by atoms with Gasteiger partial charge in [-0.3, -0.25) is 9.59 Å². The molecule has 2 fully saturated rings. The normalized spacial score (nSPS) is 23.0. The predicted molar refractivity (Wildman–Crippen MR) is 89.4 cm³/mol. The van der Waals surface area contributed by atoms with E-state index in [1.54, 1.807) is 11.8 Å². The van der Waals surface area contributed by atoms with E-state index in [9.17, 15) is 14.7 Å². The van der Waals surface area contributed by atoms with Crippen LogP contribution in [-0.2, 0) is 4.79 Å². The summed E-state index contributed by atoms with van der Waals surface area (Å²) in [7, 11) is 0. The number of hydrogen-bond donors (Lipinski definition) is 1. The molecule has 1 aliphatic heterocycles. The summed E-state index contributed by atoms with van der Waals surface area (Å²) in [6, 6.07) is 9.51. The molecule has 0 unspecified atom stereocenters. The number of carbonyl (C=O) groups excluding carboxylic acids is 1. The smallest absolute Gasteiger partial charge is 0.308 e.